The van der Waals surface area contributed by atoms with Crippen molar-refractivity contribution >= 4 is 21.5 Å². The molecule has 0 N–H and O–H groups in total. The standard InChI is InChI=1S/C10H11F3O5S2/c1-2-6(18-20(14,15)10(11,12)13)7-3-16-8-4-19-5-9(8)17-7/h4-7H,2-3H2,1H3. The zero-order valence-electron chi connectivity index (χ0n) is 10.2. The van der Waals surface area contributed by atoms with E-state index in [1.54, 1.807) is 10.8 Å². The summed E-state index contributed by atoms with van der Waals surface area (Å²) < 4.78 is 73.9. The Labute approximate surface area is 117 Å². The summed E-state index contributed by atoms with van der Waals surface area (Å²) >= 11 is 1.31. The molecule has 2 rings (SSSR count). The molecule has 0 radical (unpaired) electrons. The predicted octanol–water partition coefficient (Wildman–Crippen LogP) is 2.53. The SMILES string of the molecule is CCC(OS(=O)(=O)C(F)(F)F)C1COc2cscc2O1. The van der Waals surface area contributed by atoms with Crippen molar-refractivity contribution in [2.75, 3.05) is 6.61 Å². The number of ether oxygens (including phenoxy) is 2. The van der Waals surface area contributed by atoms with E-state index in [4.69, 9.17) is 9.47 Å². The summed E-state index contributed by atoms with van der Waals surface area (Å²) in [6.07, 6.45) is -2.16. The molecule has 0 amide bonds. The van der Waals surface area contributed by atoms with Crippen LogP contribution in [0.5, 0.6) is 11.5 Å². The second-order valence-electron chi connectivity index (χ2n) is 4.01. The lowest BCUT2D eigenvalue weighted by Gasteiger charge is -2.30. The highest BCUT2D eigenvalue weighted by Gasteiger charge is 2.49. The van der Waals surface area contributed by atoms with Crippen LogP contribution in [-0.4, -0.2) is 32.7 Å². The zero-order valence-corrected chi connectivity index (χ0v) is 11.8. The number of halogens is 3. The summed E-state index contributed by atoms with van der Waals surface area (Å²) in [5.74, 6) is 0.859. The molecule has 1 aliphatic rings. The van der Waals surface area contributed by atoms with Crippen LogP contribution in [0.3, 0.4) is 0 Å². The fraction of sp³-hybridized carbons (Fsp3) is 0.600. The molecule has 1 aromatic rings. The monoisotopic (exact) mass is 332 g/mol. The molecule has 2 heterocycles. The molecule has 0 bridgehead atoms. The van der Waals surface area contributed by atoms with E-state index in [9.17, 15) is 21.6 Å². The molecule has 0 saturated carbocycles. The van der Waals surface area contributed by atoms with Crippen LogP contribution in [0.25, 0.3) is 0 Å². The Morgan fingerprint density at radius 2 is 2.10 bits per heavy atom. The van der Waals surface area contributed by atoms with Gasteiger partial charge in [-0.1, -0.05) is 6.92 Å². The second kappa shape index (κ2) is 5.41. The van der Waals surface area contributed by atoms with Crippen LogP contribution >= 0.6 is 11.3 Å². The Morgan fingerprint density at radius 3 is 2.70 bits per heavy atom. The minimum absolute atomic E-state index is 0.0306. The number of hydrogen-bond acceptors (Lipinski definition) is 6. The van der Waals surface area contributed by atoms with E-state index in [1.165, 1.54) is 18.3 Å². The van der Waals surface area contributed by atoms with Crippen molar-refractivity contribution < 1.29 is 35.2 Å². The van der Waals surface area contributed by atoms with Gasteiger partial charge < -0.3 is 9.47 Å². The van der Waals surface area contributed by atoms with Gasteiger partial charge in [0, 0.05) is 10.8 Å². The first-order valence-corrected chi connectivity index (χ1v) is 7.95. The summed E-state index contributed by atoms with van der Waals surface area (Å²) in [5.41, 5.74) is -5.45. The molecule has 20 heavy (non-hydrogen) atoms. The second-order valence-corrected chi connectivity index (χ2v) is 6.32. The van der Waals surface area contributed by atoms with Crippen LogP contribution in [0, 0.1) is 0 Å². The maximum absolute atomic E-state index is 12.3. The van der Waals surface area contributed by atoms with E-state index < -0.39 is 27.8 Å². The fourth-order valence-corrected chi connectivity index (χ4v) is 2.99. The van der Waals surface area contributed by atoms with Gasteiger partial charge in [0.2, 0.25) is 0 Å². The van der Waals surface area contributed by atoms with Crippen LogP contribution in [0.1, 0.15) is 13.3 Å². The molecule has 0 saturated heterocycles. The smallest absolute Gasteiger partial charge is 0.485 e. The average Bonchev–Trinajstić information content (AvgIpc) is 2.81. The lowest BCUT2D eigenvalue weighted by atomic mass is 10.1. The molecule has 0 aliphatic carbocycles. The summed E-state index contributed by atoms with van der Waals surface area (Å²) in [4.78, 5) is 0. The van der Waals surface area contributed by atoms with Crippen LogP contribution in [-0.2, 0) is 14.3 Å². The molecule has 114 valence electrons. The van der Waals surface area contributed by atoms with Crippen molar-refractivity contribution in [2.45, 2.75) is 31.1 Å². The van der Waals surface area contributed by atoms with Crippen molar-refractivity contribution in [2.24, 2.45) is 0 Å². The molecular weight excluding hydrogens is 321 g/mol. The number of thiophene rings is 1. The Hall–Kier alpha value is -1.00. The first kappa shape index (κ1) is 15.4. The van der Waals surface area contributed by atoms with Gasteiger partial charge in [0.15, 0.2) is 17.6 Å². The van der Waals surface area contributed by atoms with E-state index in [-0.39, 0.29) is 13.0 Å². The molecular formula is C10H11F3O5S2. The maximum Gasteiger partial charge on any atom is 0.523 e. The zero-order chi connectivity index (χ0) is 15.0. The molecule has 5 nitrogen and oxygen atoms in total. The van der Waals surface area contributed by atoms with Crippen molar-refractivity contribution in [3.63, 3.8) is 0 Å². The summed E-state index contributed by atoms with van der Waals surface area (Å²) in [5, 5.41) is 3.30. The maximum atomic E-state index is 12.3. The van der Waals surface area contributed by atoms with Gasteiger partial charge in [-0.05, 0) is 6.42 Å². The summed E-state index contributed by atoms with van der Waals surface area (Å²) in [6, 6.07) is 0. The van der Waals surface area contributed by atoms with Gasteiger partial charge >= 0.3 is 15.6 Å². The Kier molecular flexibility index (Phi) is 4.17. The Bertz CT molecular complexity index is 566. The lowest BCUT2D eigenvalue weighted by molar-refractivity contribution is -0.0660. The van der Waals surface area contributed by atoms with Gasteiger partial charge in [0.05, 0.1) is 0 Å². The van der Waals surface area contributed by atoms with Crippen LogP contribution < -0.4 is 9.47 Å². The topological polar surface area (TPSA) is 61.8 Å². The van der Waals surface area contributed by atoms with Crippen LogP contribution in [0.4, 0.5) is 13.2 Å². The van der Waals surface area contributed by atoms with Gasteiger partial charge in [0.25, 0.3) is 0 Å². The molecule has 0 fully saturated rings. The number of fused-ring (bicyclic) bond motifs is 1. The van der Waals surface area contributed by atoms with E-state index in [0.29, 0.717) is 11.5 Å². The minimum atomic E-state index is -5.66. The highest BCUT2D eigenvalue weighted by Crippen LogP contribution is 2.37. The highest BCUT2D eigenvalue weighted by molar-refractivity contribution is 7.87. The van der Waals surface area contributed by atoms with Gasteiger partial charge in [-0.2, -0.15) is 21.6 Å². The van der Waals surface area contributed by atoms with E-state index >= 15 is 0 Å². The Balaban J connectivity index is 2.11. The highest BCUT2D eigenvalue weighted by atomic mass is 32.2. The Morgan fingerprint density at radius 1 is 1.45 bits per heavy atom. The largest absolute Gasteiger partial charge is 0.523 e. The molecule has 0 spiro atoms. The predicted molar refractivity (Wildman–Crippen MR) is 64.4 cm³/mol. The molecule has 1 aliphatic heterocycles. The van der Waals surface area contributed by atoms with E-state index in [1.807, 2.05) is 0 Å². The van der Waals surface area contributed by atoms with Gasteiger partial charge in [-0.25, -0.2) is 0 Å². The quantitative estimate of drug-likeness (QED) is 0.626. The first-order chi connectivity index (χ1) is 9.24. The fourth-order valence-electron chi connectivity index (χ4n) is 1.63. The van der Waals surface area contributed by atoms with E-state index in [0.717, 1.165) is 0 Å². The average molecular weight is 332 g/mol. The van der Waals surface area contributed by atoms with Gasteiger partial charge in [0.1, 0.15) is 12.7 Å². The molecule has 10 heteroatoms. The third-order valence-corrected chi connectivity index (χ3v) is 4.39. The van der Waals surface area contributed by atoms with Crippen LogP contribution in [0.15, 0.2) is 10.8 Å². The third kappa shape index (κ3) is 3.01. The first-order valence-electron chi connectivity index (χ1n) is 5.60. The normalized spacial score (nSPS) is 20.7. The van der Waals surface area contributed by atoms with Crippen molar-refractivity contribution in [3.05, 3.63) is 10.8 Å². The summed E-state index contributed by atoms with van der Waals surface area (Å²) in [7, 11) is -5.66. The van der Waals surface area contributed by atoms with Crippen LogP contribution in [0.2, 0.25) is 0 Å². The lowest BCUT2D eigenvalue weighted by Crippen LogP contribution is -2.43. The molecule has 1 aromatic heterocycles. The molecule has 0 aromatic carbocycles. The van der Waals surface area contributed by atoms with Crippen molar-refractivity contribution in [1.29, 1.82) is 0 Å². The number of alkyl halides is 3. The van der Waals surface area contributed by atoms with Crippen molar-refractivity contribution in [3.8, 4) is 11.5 Å². The third-order valence-electron chi connectivity index (χ3n) is 2.63. The summed E-state index contributed by atoms with van der Waals surface area (Å²) in [6.45, 7) is 1.43. The number of hydrogen-bond donors (Lipinski definition) is 0. The van der Waals surface area contributed by atoms with Gasteiger partial charge in [-0.15, -0.1) is 11.3 Å². The van der Waals surface area contributed by atoms with E-state index in [2.05, 4.69) is 4.18 Å². The number of rotatable bonds is 4. The molecule has 2 unspecified atom stereocenters. The van der Waals surface area contributed by atoms with Crippen molar-refractivity contribution in [1.82, 2.24) is 0 Å². The molecule has 2 atom stereocenters. The minimum Gasteiger partial charge on any atom is -0.485 e. The van der Waals surface area contributed by atoms with Gasteiger partial charge in [-0.3, -0.25) is 4.18 Å².